The number of thiol groups is 1. The van der Waals surface area contributed by atoms with Crippen LogP contribution in [0, 0.1) is 5.92 Å². The lowest BCUT2D eigenvalue weighted by molar-refractivity contribution is -0.118. The predicted molar refractivity (Wildman–Crippen MR) is 204 cm³/mol. The van der Waals surface area contributed by atoms with Crippen LogP contribution in [0.2, 0.25) is 0 Å². The van der Waals surface area contributed by atoms with Gasteiger partial charge in [0.15, 0.2) is 52.9 Å². The summed E-state index contributed by atoms with van der Waals surface area (Å²) in [6.07, 6.45) is -10.6. The number of alkyl halides is 2. The number of hydrogen-bond donors (Lipinski definition) is 5. The second kappa shape index (κ2) is 15.8. The van der Waals surface area contributed by atoms with Gasteiger partial charge in [0.1, 0.15) is 30.7 Å². The molecule has 21 nitrogen and oxygen atoms in total. The summed E-state index contributed by atoms with van der Waals surface area (Å²) in [5.41, 5.74) is -0.679. The Balaban J connectivity index is 1.03. The molecule has 0 saturated carbocycles. The van der Waals surface area contributed by atoms with E-state index in [1.165, 1.54) is 10.9 Å². The number of carbonyl (C=O) groups excluding carboxylic acids is 2. The minimum absolute atomic E-state index is 0.0247. The number of imidazole rings is 2. The molecule has 308 valence electrons. The molecule has 7 heterocycles. The molecule has 3 saturated heterocycles. The smallest absolute Gasteiger partial charge is 0.346 e. The Morgan fingerprint density at radius 1 is 0.931 bits per heavy atom. The highest BCUT2D eigenvalue weighted by molar-refractivity contribution is 8.44. The quantitative estimate of drug-likeness (QED) is 0.121. The van der Waals surface area contributed by atoms with Crippen LogP contribution in [0.4, 0.5) is 20.5 Å². The van der Waals surface area contributed by atoms with E-state index >= 15 is 8.78 Å². The summed E-state index contributed by atoms with van der Waals surface area (Å²) < 4.78 is 82.8. The highest BCUT2D eigenvalue weighted by atomic mass is 32.7. The van der Waals surface area contributed by atoms with E-state index in [0.717, 1.165) is 17.2 Å². The van der Waals surface area contributed by atoms with Gasteiger partial charge in [-0.25, -0.2) is 33.3 Å². The monoisotopic (exact) mass is 884 g/mol. The fourth-order valence-corrected chi connectivity index (χ4v) is 9.31. The molecular weight excluding hydrogens is 852 g/mol. The summed E-state index contributed by atoms with van der Waals surface area (Å²) in [5, 5.41) is 5.11. The van der Waals surface area contributed by atoms with Crippen molar-refractivity contribution in [2.45, 2.75) is 63.1 Å². The normalized spacial score (nSPS) is 31.7. The number of hydrogen-bond acceptors (Lipinski definition) is 16. The zero-order valence-corrected chi connectivity index (χ0v) is 33.4. The number of fused-ring (bicyclic) bond motifs is 4. The number of aromatic nitrogens is 8. The molecule has 8 rings (SSSR count). The maximum absolute atomic E-state index is 16.5. The summed E-state index contributed by atoms with van der Waals surface area (Å²) in [6.45, 7) is -7.18. The van der Waals surface area contributed by atoms with Crippen molar-refractivity contribution in [3.8, 4) is 0 Å². The summed E-state index contributed by atoms with van der Waals surface area (Å²) >= 11 is 9.26. The van der Waals surface area contributed by atoms with Gasteiger partial charge >= 0.3 is 13.5 Å². The van der Waals surface area contributed by atoms with Crippen LogP contribution in [0.5, 0.6) is 0 Å². The third-order valence-electron chi connectivity index (χ3n) is 9.22. The van der Waals surface area contributed by atoms with Crippen LogP contribution >= 0.6 is 25.8 Å². The fraction of sp³-hybridized carbons (Fsp3) is 0.419. The van der Waals surface area contributed by atoms with Crippen molar-refractivity contribution >= 4 is 83.5 Å². The van der Waals surface area contributed by atoms with Gasteiger partial charge in [0.25, 0.3) is 11.5 Å². The molecule has 58 heavy (non-hydrogen) atoms. The minimum atomic E-state index is -4.55. The Morgan fingerprint density at radius 2 is 1.55 bits per heavy atom. The molecule has 3 fully saturated rings. The van der Waals surface area contributed by atoms with Gasteiger partial charge in [-0.2, -0.15) is 4.98 Å². The van der Waals surface area contributed by atoms with Crippen LogP contribution in [0.1, 0.15) is 36.7 Å². The van der Waals surface area contributed by atoms with E-state index in [1.54, 1.807) is 44.2 Å². The SMILES string of the molecule is CC(C)C(=O)Nc1nc2c(ncn2[C@@H]2OC3COP(O)(=S)O[C@H]4[C@@H](F)[C@H](n5cnc6c(NC(=O)c7ccccc7)ncnc65)O[C@@H]4COP(=O)(S)O[C@H]3[C@H]2F)c(=O)[nH]1. The number of nitrogens with one attached hydrogen (secondary N) is 3. The van der Waals surface area contributed by atoms with Crippen LogP contribution in [0.25, 0.3) is 22.3 Å². The first-order valence-corrected chi connectivity index (χ1v) is 22.6. The minimum Gasteiger partial charge on any atom is -0.346 e. The average Bonchev–Trinajstić information content (AvgIpc) is 3.94. The van der Waals surface area contributed by atoms with E-state index in [9.17, 15) is 23.8 Å². The first kappa shape index (κ1) is 40.6. The van der Waals surface area contributed by atoms with Crippen LogP contribution in [0.3, 0.4) is 0 Å². The van der Waals surface area contributed by atoms with Crippen LogP contribution in [0.15, 0.2) is 54.1 Å². The first-order chi connectivity index (χ1) is 27.6. The molecule has 4 N–H and O–H groups in total. The van der Waals surface area contributed by atoms with E-state index in [2.05, 4.69) is 52.8 Å². The van der Waals surface area contributed by atoms with Gasteiger partial charge in [0.2, 0.25) is 11.9 Å². The number of aromatic amines is 1. The summed E-state index contributed by atoms with van der Waals surface area (Å²) in [7, 11) is 0. The molecule has 0 aliphatic carbocycles. The zero-order valence-electron chi connectivity index (χ0n) is 29.9. The Hall–Kier alpha value is -4.13. The van der Waals surface area contributed by atoms with Crippen molar-refractivity contribution in [2.75, 3.05) is 23.8 Å². The van der Waals surface area contributed by atoms with Crippen molar-refractivity contribution in [3.05, 3.63) is 65.2 Å². The molecule has 10 atom stereocenters. The number of nitrogens with zero attached hydrogens (tertiary/aromatic N) is 7. The van der Waals surface area contributed by atoms with Gasteiger partial charge in [-0.05, 0) is 23.9 Å². The molecule has 0 radical (unpaired) electrons. The summed E-state index contributed by atoms with van der Waals surface area (Å²) in [6, 6.07) is 8.32. The Bertz CT molecular complexity index is 2550. The molecule has 3 aliphatic rings. The van der Waals surface area contributed by atoms with Crippen LogP contribution in [-0.2, 0) is 48.7 Å². The molecule has 0 bridgehead atoms. The molecule has 2 amide bonds. The number of amides is 2. The molecule has 4 aromatic heterocycles. The third-order valence-corrected chi connectivity index (χ3v) is 12.4. The maximum atomic E-state index is 16.5. The highest BCUT2D eigenvalue weighted by Gasteiger charge is 2.54. The second-order valence-corrected chi connectivity index (χ2v) is 19.1. The van der Waals surface area contributed by atoms with E-state index in [-0.39, 0.29) is 34.1 Å². The average molecular weight is 885 g/mol. The summed E-state index contributed by atoms with van der Waals surface area (Å²) in [5.74, 6) is -1.62. The zero-order chi connectivity index (χ0) is 41.1. The highest BCUT2D eigenvalue weighted by Crippen LogP contribution is 2.58. The predicted octanol–water partition coefficient (Wildman–Crippen LogP) is 3.35. The topological polar surface area (TPSA) is 258 Å². The van der Waals surface area contributed by atoms with Crippen molar-refractivity contribution in [2.24, 2.45) is 5.92 Å². The third kappa shape index (κ3) is 7.96. The van der Waals surface area contributed by atoms with Crippen LogP contribution < -0.4 is 16.2 Å². The van der Waals surface area contributed by atoms with Gasteiger partial charge in [-0.1, -0.05) is 44.3 Å². The van der Waals surface area contributed by atoms with Crippen LogP contribution in [-0.4, -0.2) is 106 Å². The lowest BCUT2D eigenvalue weighted by atomic mass is 10.1. The molecule has 0 spiro atoms. The molecule has 27 heteroatoms. The Kier molecular flexibility index (Phi) is 11.1. The molecule has 5 aromatic rings. The number of halogens is 2. The van der Waals surface area contributed by atoms with Gasteiger partial charge in [-0.3, -0.25) is 47.4 Å². The number of anilines is 2. The number of ether oxygens (including phenoxy) is 2. The first-order valence-electron chi connectivity index (χ1n) is 17.3. The van der Waals surface area contributed by atoms with Gasteiger partial charge in [0, 0.05) is 11.5 Å². The number of carbonyl (C=O) groups is 2. The van der Waals surface area contributed by atoms with Gasteiger partial charge in [0.05, 0.1) is 25.9 Å². The van der Waals surface area contributed by atoms with E-state index in [1.807, 2.05) is 0 Å². The maximum Gasteiger partial charge on any atom is 0.386 e. The Labute approximate surface area is 335 Å². The molecule has 3 aliphatic heterocycles. The second-order valence-electron chi connectivity index (χ2n) is 13.4. The lowest BCUT2D eigenvalue weighted by Crippen LogP contribution is -2.37. The van der Waals surface area contributed by atoms with Gasteiger partial charge < -0.3 is 24.2 Å². The number of H-pyrrole nitrogens is 1. The van der Waals surface area contributed by atoms with E-state index in [4.69, 9.17) is 39.4 Å². The lowest BCUT2D eigenvalue weighted by Gasteiger charge is -2.29. The standard InChI is InChI=1S/C31H32F2N10O11P2S2/c1-13(2)26(44)40-31-39-25-20(28(46)41-31)37-12-43(25)30-18(33)22-16(52-30)9-50-55(47,57)53-21-15(8-49-56(48,58)54-22)51-29(17(21)32)42-11-36-19-23(34-10-35-24(19)42)38-27(45)14-6-4-3-5-7-14/h3-7,10-13,15-18,21-22,29-30H,8-9H2,1-2H3,(H,47,57)(H,48,58)(H,34,35,38,45)(H2,39,40,41,44,46)/t15-,16?,17-,18-,21-,22-,29-,30-,55?,56?/m1/s1. The van der Waals surface area contributed by atoms with Crippen molar-refractivity contribution < 1.29 is 55.4 Å². The largest absolute Gasteiger partial charge is 0.386 e. The Morgan fingerprint density at radius 3 is 2.22 bits per heavy atom. The number of rotatable bonds is 6. The van der Waals surface area contributed by atoms with Crippen molar-refractivity contribution in [3.63, 3.8) is 0 Å². The van der Waals surface area contributed by atoms with Crippen molar-refractivity contribution in [1.29, 1.82) is 0 Å². The fourth-order valence-electron chi connectivity index (χ4n) is 6.39. The van der Waals surface area contributed by atoms with E-state index < -0.39 is 99.2 Å². The molecule has 1 aromatic carbocycles. The van der Waals surface area contributed by atoms with Gasteiger partial charge in [-0.15, -0.1) is 0 Å². The number of benzene rings is 1. The van der Waals surface area contributed by atoms with Crippen molar-refractivity contribution in [1.82, 2.24) is 39.0 Å². The molecular formula is C31H32F2N10O11P2S2. The molecule has 3 unspecified atom stereocenters. The van der Waals surface area contributed by atoms with E-state index in [0.29, 0.717) is 5.56 Å². The summed E-state index contributed by atoms with van der Waals surface area (Å²) in [4.78, 5) is 72.2.